The Bertz CT molecular complexity index is 1960. The van der Waals surface area contributed by atoms with Crippen molar-refractivity contribution in [1.82, 2.24) is 14.3 Å². The lowest BCUT2D eigenvalue weighted by Gasteiger charge is -2.20. The van der Waals surface area contributed by atoms with Gasteiger partial charge in [0.2, 0.25) is 0 Å². The van der Waals surface area contributed by atoms with Gasteiger partial charge in [-0.3, -0.25) is 4.40 Å². The molecule has 6 aromatic rings. The van der Waals surface area contributed by atoms with Gasteiger partial charge < -0.3 is 9.80 Å². The van der Waals surface area contributed by atoms with Gasteiger partial charge in [0, 0.05) is 51.3 Å². The van der Waals surface area contributed by atoms with Crippen molar-refractivity contribution in [3.63, 3.8) is 0 Å². The van der Waals surface area contributed by atoms with Crippen molar-refractivity contribution in [2.75, 3.05) is 18.6 Å². The second-order valence-electron chi connectivity index (χ2n) is 11.9. The van der Waals surface area contributed by atoms with Crippen LogP contribution in [0.4, 0.5) is 5.69 Å². The molecule has 7 rings (SSSR count). The van der Waals surface area contributed by atoms with Gasteiger partial charge in [-0.15, -0.1) is 0 Å². The summed E-state index contributed by atoms with van der Waals surface area (Å²) in [5.74, 6) is 0.817. The van der Waals surface area contributed by atoms with E-state index >= 15 is 0 Å². The quantitative estimate of drug-likeness (QED) is 0.187. The highest BCUT2D eigenvalue weighted by Crippen LogP contribution is 2.41. The summed E-state index contributed by atoms with van der Waals surface area (Å²) in [6, 6.07) is 31.2. The van der Waals surface area contributed by atoms with E-state index in [2.05, 4.69) is 152 Å². The number of para-hydroxylation sites is 1. The van der Waals surface area contributed by atoms with Gasteiger partial charge in [-0.2, -0.15) is 0 Å². The van der Waals surface area contributed by atoms with Crippen molar-refractivity contribution in [1.29, 1.82) is 0 Å². The minimum absolute atomic E-state index is 0.409. The molecule has 5 heteroatoms. The molecule has 0 radical (unpaired) electrons. The number of hydrogen-bond acceptors (Lipinski definition) is 4. The van der Waals surface area contributed by atoms with Crippen LogP contribution in [0.2, 0.25) is 0 Å². The van der Waals surface area contributed by atoms with Crippen LogP contribution in [0.3, 0.4) is 0 Å². The first-order valence-corrected chi connectivity index (χ1v) is 15.6. The molecule has 0 unspecified atom stereocenters. The van der Waals surface area contributed by atoms with E-state index in [9.17, 15) is 0 Å². The van der Waals surface area contributed by atoms with Crippen molar-refractivity contribution in [3.05, 3.63) is 115 Å². The van der Waals surface area contributed by atoms with E-state index < -0.39 is 0 Å². The van der Waals surface area contributed by atoms with Gasteiger partial charge in [-0.05, 0) is 64.7 Å². The van der Waals surface area contributed by atoms with Gasteiger partial charge in [-0.25, -0.2) is 4.98 Å². The number of imidazole rings is 1. The lowest BCUT2D eigenvalue weighted by molar-refractivity contribution is 0.495. The lowest BCUT2D eigenvalue weighted by Crippen LogP contribution is -2.21. The van der Waals surface area contributed by atoms with Crippen LogP contribution in [-0.4, -0.2) is 28.0 Å². The van der Waals surface area contributed by atoms with Crippen molar-refractivity contribution >= 4 is 44.8 Å². The molecule has 0 spiro atoms. The third kappa shape index (κ3) is 4.53. The average Bonchev–Trinajstić information content (AvgIpc) is 3.64. The zero-order valence-electron chi connectivity index (χ0n) is 24.9. The maximum atomic E-state index is 5.13. The molecular formula is C37H36N4S. The van der Waals surface area contributed by atoms with Crippen LogP contribution in [-0.2, 0) is 0 Å². The smallest absolute Gasteiger partial charge is 0.145 e. The Labute approximate surface area is 252 Å². The fourth-order valence-electron chi connectivity index (χ4n) is 6.27. The molecule has 42 heavy (non-hydrogen) atoms. The van der Waals surface area contributed by atoms with Gasteiger partial charge in [0.15, 0.2) is 0 Å². The summed E-state index contributed by atoms with van der Waals surface area (Å²) in [5.41, 5.74) is 8.64. The molecule has 1 aliphatic heterocycles. The van der Waals surface area contributed by atoms with Crippen LogP contribution in [0.5, 0.6) is 0 Å². The molecule has 0 aliphatic carbocycles. The van der Waals surface area contributed by atoms with E-state index in [1.807, 2.05) is 0 Å². The molecule has 0 saturated heterocycles. The summed E-state index contributed by atoms with van der Waals surface area (Å²) in [4.78, 5) is 12.0. The van der Waals surface area contributed by atoms with E-state index in [1.54, 1.807) is 11.8 Å². The van der Waals surface area contributed by atoms with Gasteiger partial charge >= 0.3 is 0 Å². The predicted octanol–water partition coefficient (Wildman–Crippen LogP) is 9.89. The van der Waals surface area contributed by atoms with Gasteiger partial charge in [0.1, 0.15) is 5.65 Å². The van der Waals surface area contributed by atoms with Crippen molar-refractivity contribution in [2.24, 2.45) is 0 Å². The topological polar surface area (TPSA) is 23.8 Å². The van der Waals surface area contributed by atoms with Crippen LogP contribution in [0.1, 0.15) is 50.7 Å². The number of benzene rings is 4. The minimum Gasteiger partial charge on any atom is -0.361 e. The predicted molar refractivity (Wildman–Crippen MR) is 179 cm³/mol. The third-order valence-electron chi connectivity index (χ3n) is 8.32. The van der Waals surface area contributed by atoms with Crippen LogP contribution < -0.4 is 4.90 Å². The molecule has 0 saturated carbocycles. The highest BCUT2D eigenvalue weighted by molar-refractivity contribution is 7.99. The van der Waals surface area contributed by atoms with Crippen molar-refractivity contribution < 1.29 is 0 Å². The maximum absolute atomic E-state index is 5.13. The number of aromatic nitrogens is 2. The van der Waals surface area contributed by atoms with Gasteiger partial charge in [-0.1, -0.05) is 88.0 Å². The molecule has 2 aromatic heterocycles. The summed E-state index contributed by atoms with van der Waals surface area (Å²) >= 11 is 1.80. The summed E-state index contributed by atoms with van der Waals surface area (Å²) in [7, 11) is 2.10. The minimum atomic E-state index is 0.409. The monoisotopic (exact) mass is 568 g/mol. The number of pyridine rings is 1. The Hall–Kier alpha value is -4.22. The molecule has 4 aromatic carbocycles. The van der Waals surface area contributed by atoms with Crippen LogP contribution in [0, 0.1) is 0 Å². The standard InChI is InChI=1S/C37H36N4S/c1-24(2)29-13-9-14-30(25(3)4)36(29)35-22-38-37-33-21-28(16-17-31(33)32-12-6-7-15-34(32)41(35)37)42-27-11-8-10-26(20-27)40-19-18-39(5)23-40/h6-22,24-25H,23H2,1-5H3. The van der Waals surface area contributed by atoms with Crippen molar-refractivity contribution in [2.45, 2.75) is 49.3 Å². The highest BCUT2D eigenvalue weighted by Gasteiger charge is 2.21. The molecular weight excluding hydrogens is 533 g/mol. The molecule has 0 atom stereocenters. The lowest BCUT2D eigenvalue weighted by atomic mass is 9.87. The Morgan fingerprint density at radius 3 is 2.19 bits per heavy atom. The average molecular weight is 569 g/mol. The Morgan fingerprint density at radius 1 is 0.714 bits per heavy atom. The Kier molecular flexibility index (Phi) is 6.70. The molecule has 0 bridgehead atoms. The first-order chi connectivity index (χ1) is 20.4. The van der Waals surface area contributed by atoms with E-state index in [-0.39, 0.29) is 0 Å². The van der Waals surface area contributed by atoms with Gasteiger partial charge in [0.25, 0.3) is 0 Å². The van der Waals surface area contributed by atoms with Crippen molar-refractivity contribution in [3.8, 4) is 11.3 Å². The number of fused-ring (bicyclic) bond motifs is 6. The second kappa shape index (κ2) is 10.6. The summed E-state index contributed by atoms with van der Waals surface area (Å²) in [5, 5.41) is 3.66. The van der Waals surface area contributed by atoms with E-state index in [1.165, 1.54) is 59.5 Å². The zero-order valence-corrected chi connectivity index (χ0v) is 25.7. The van der Waals surface area contributed by atoms with E-state index in [4.69, 9.17) is 4.98 Å². The van der Waals surface area contributed by atoms with Crippen LogP contribution in [0.25, 0.3) is 38.6 Å². The zero-order chi connectivity index (χ0) is 29.0. The third-order valence-corrected chi connectivity index (χ3v) is 9.30. The molecule has 4 nitrogen and oxygen atoms in total. The number of anilines is 1. The largest absolute Gasteiger partial charge is 0.361 e. The summed E-state index contributed by atoms with van der Waals surface area (Å²) in [6.45, 7) is 10.0. The molecule has 0 N–H and O–H groups in total. The molecule has 3 heterocycles. The Balaban J connectivity index is 1.41. The Morgan fingerprint density at radius 2 is 1.45 bits per heavy atom. The normalized spacial score (nSPS) is 13.6. The number of rotatable bonds is 6. The second-order valence-corrected chi connectivity index (χ2v) is 13.1. The molecule has 1 aliphatic rings. The molecule has 210 valence electrons. The number of hydrogen-bond donors (Lipinski definition) is 0. The molecule has 0 fully saturated rings. The number of nitrogens with zero attached hydrogens (tertiary/aromatic N) is 4. The maximum Gasteiger partial charge on any atom is 0.145 e. The highest BCUT2D eigenvalue weighted by atomic mass is 32.2. The SMILES string of the molecule is CC(C)c1cccc(C(C)C)c1-c1cnc2c3cc(Sc4cccc(N5C=CN(C)C5)c4)ccc3c3ccccc3n12. The van der Waals surface area contributed by atoms with Gasteiger partial charge in [0.05, 0.1) is 24.1 Å². The fourth-order valence-corrected chi connectivity index (χ4v) is 7.18. The molecule has 0 amide bonds. The van der Waals surface area contributed by atoms with E-state index in [0.717, 1.165) is 12.3 Å². The first kappa shape index (κ1) is 26.7. The summed E-state index contributed by atoms with van der Waals surface area (Å²) in [6.07, 6.45) is 6.35. The van der Waals surface area contributed by atoms with E-state index in [0.29, 0.717) is 11.8 Å². The van der Waals surface area contributed by atoms with Crippen LogP contribution >= 0.6 is 11.8 Å². The van der Waals surface area contributed by atoms with Crippen LogP contribution in [0.15, 0.2) is 113 Å². The fraction of sp³-hybridized carbons (Fsp3) is 0.216. The summed E-state index contributed by atoms with van der Waals surface area (Å²) < 4.78 is 2.40. The first-order valence-electron chi connectivity index (χ1n) is 14.8.